The fraction of sp³-hybridized carbons (Fsp3) is 0.158. The average molecular weight is 355 g/mol. The molecule has 0 aliphatic heterocycles. The molecular formula is C19H18FN3OS. The second kappa shape index (κ2) is 7.44. The smallest absolute Gasteiger partial charge is 0.267 e. The Kier molecular flexibility index (Phi) is 5.09. The van der Waals surface area contributed by atoms with Crippen LogP contribution in [0.3, 0.4) is 0 Å². The topological polar surface area (TPSA) is 54.0 Å². The highest BCUT2D eigenvalue weighted by atomic mass is 32.1. The van der Waals surface area contributed by atoms with Gasteiger partial charge in [0.05, 0.1) is 5.69 Å². The van der Waals surface area contributed by atoms with E-state index in [-0.39, 0.29) is 11.7 Å². The molecule has 1 heterocycles. The lowest BCUT2D eigenvalue weighted by Gasteiger charge is -2.08. The van der Waals surface area contributed by atoms with Crippen LogP contribution in [0, 0.1) is 12.7 Å². The summed E-state index contributed by atoms with van der Waals surface area (Å²) in [6.07, 6.45) is 0.843. The Morgan fingerprint density at radius 2 is 1.88 bits per heavy atom. The van der Waals surface area contributed by atoms with Gasteiger partial charge in [0.1, 0.15) is 10.7 Å². The number of hydrogen-bond acceptors (Lipinski definition) is 4. The zero-order chi connectivity index (χ0) is 17.8. The molecule has 0 atom stereocenters. The molecular weight excluding hydrogens is 337 g/mol. The number of carbonyl (C=O) groups is 1. The molecule has 128 valence electrons. The first kappa shape index (κ1) is 17.1. The zero-order valence-electron chi connectivity index (χ0n) is 14.0. The second-order valence-electron chi connectivity index (χ2n) is 5.53. The highest BCUT2D eigenvalue weighted by molar-refractivity contribution is 7.17. The number of para-hydroxylation sites is 1. The molecule has 0 fully saturated rings. The number of aromatic nitrogens is 1. The molecule has 2 N–H and O–H groups in total. The standard InChI is InChI=1S/C19H18FN3OS/c1-3-13-6-4-5-7-16(13)23-18(24)17-12(2)21-19(25-17)22-15-10-8-14(20)9-11-15/h4-11H,3H2,1-2H3,(H,21,22)(H,23,24). The molecule has 0 aliphatic carbocycles. The van der Waals surface area contributed by atoms with Gasteiger partial charge in [0.15, 0.2) is 5.13 Å². The predicted molar refractivity (Wildman–Crippen MR) is 100 cm³/mol. The van der Waals surface area contributed by atoms with Crippen molar-refractivity contribution in [3.8, 4) is 0 Å². The molecule has 0 radical (unpaired) electrons. The minimum absolute atomic E-state index is 0.178. The van der Waals surface area contributed by atoms with E-state index in [0.717, 1.165) is 23.4 Å². The lowest BCUT2D eigenvalue weighted by molar-refractivity contribution is 0.102. The summed E-state index contributed by atoms with van der Waals surface area (Å²) in [7, 11) is 0. The highest BCUT2D eigenvalue weighted by Crippen LogP contribution is 2.27. The number of anilines is 3. The van der Waals surface area contributed by atoms with E-state index in [2.05, 4.69) is 15.6 Å². The van der Waals surface area contributed by atoms with E-state index < -0.39 is 0 Å². The largest absolute Gasteiger partial charge is 0.332 e. The molecule has 4 nitrogen and oxygen atoms in total. The summed E-state index contributed by atoms with van der Waals surface area (Å²) in [4.78, 5) is 17.5. The lowest BCUT2D eigenvalue weighted by Crippen LogP contribution is -2.12. The summed E-state index contributed by atoms with van der Waals surface area (Å²) in [5.74, 6) is -0.474. The van der Waals surface area contributed by atoms with E-state index in [1.165, 1.54) is 23.5 Å². The van der Waals surface area contributed by atoms with Gasteiger partial charge < -0.3 is 10.6 Å². The van der Waals surface area contributed by atoms with Crippen LogP contribution in [0.15, 0.2) is 48.5 Å². The van der Waals surface area contributed by atoms with Crippen molar-refractivity contribution < 1.29 is 9.18 Å². The minimum atomic E-state index is -0.296. The third-order valence-electron chi connectivity index (χ3n) is 3.74. The van der Waals surface area contributed by atoms with E-state index in [0.29, 0.717) is 15.7 Å². The highest BCUT2D eigenvalue weighted by Gasteiger charge is 2.16. The Labute approximate surface area is 149 Å². The number of aryl methyl sites for hydroxylation is 2. The van der Waals surface area contributed by atoms with Gasteiger partial charge in [0.2, 0.25) is 0 Å². The van der Waals surface area contributed by atoms with Gasteiger partial charge >= 0.3 is 0 Å². The van der Waals surface area contributed by atoms with Gasteiger partial charge in [-0.05, 0) is 49.2 Å². The molecule has 0 bridgehead atoms. The molecule has 0 unspecified atom stereocenters. The molecule has 25 heavy (non-hydrogen) atoms. The number of thiazole rings is 1. The Hall–Kier alpha value is -2.73. The number of carbonyl (C=O) groups excluding carboxylic acids is 1. The van der Waals surface area contributed by atoms with Crippen LogP contribution in [0.1, 0.15) is 27.9 Å². The van der Waals surface area contributed by atoms with E-state index in [4.69, 9.17) is 0 Å². The van der Waals surface area contributed by atoms with Crippen molar-refractivity contribution in [3.05, 3.63) is 70.5 Å². The monoisotopic (exact) mass is 355 g/mol. The quantitative estimate of drug-likeness (QED) is 0.665. The third-order valence-corrected chi connectivity index (χ3v) is 4.82. The number of hydrogen-bond donors (Lipinski definition) is 2. The predicted octanol–water partition coefficient (Wildman–Crippen LogP) is 5.15. The Morgan fingerprint density at radius 3 is 2.60 bits per heavy atom. The summed E-state index contributed by atoms with van der Waals surface area (Å²) < 4.78 is 13.0. The summed E-state index contributed by atoms with van der Waals surface area (Å²) in [5, 5.41) is 6.65. The maximum Gasteiger partial charge on any atom is 0.267 e. The molecule has 1 amide bonds. The first-order valence-electron chi connectivity index (χ1n) is 7.96. The Morgan fingerprint density at radius 1 is 1.16 bits per heavy atom. The summed E-state index contributed by atoms with van der Waals surface area (Å²) in [6.45, 7) is 3.85. The molecule has 3 rings (SSSR count). The molecule has 0 saturated heterocycles. The summed E-state index contributed by atoms with van der Waals surface area (Å²) in [5.41, 5.74) is 3.28. The number of nitrogens with one attached hydrogen (secondary N) is 2. The van der Waals surface area contributed by atoms with Crippen molar-refractivity contribution in [1.29, 1.82) is 0 Å². The van der Waals surface area contributed by atoms with E-state index in [1.807, 2.05) is 31.2 Å². The zero-order valence-corrected chi connectivity index (χ0v) is 14.8. The van der Waals surface area contributed by atoms with Crippen molar-refractivity contribution >= 4 is 33.8 Å². The molecule has 2 aromatic carbocycles. The van der Waals surface area contributed by atoms with Crippen LogP contribution in [0.5, 0.6) is 0 Å². The fourth-order valence-electron chi connectivity index (χ4n) is 2.45. The maximum atomic E-state index is 13.0. The summed E-state index contributed by atoms with van der Waals surface area (Å²) in [6, 6.07) is 13.7. The van der Waals surface area contributed by atoms with Gasteiger partial charge in [0, 0.05) is 11.4 Å². The van der Waals surface area contributed by atoms with Crippen LogP contribution in [0.25, 0.3) is 0 Å². The van der Waals surface area contributed by atoms with E-state index >= 15 is 0 Å². The van der Waals surface area contributed by atoms with Crippen molar-refractivity contribution in [2.75, 3.05) is 10.6 Å². The van der Waals surface area contributed by atoms with Crippen LogP contribution in [-0.2, 0) is 6.42 Å². The van der Waals surface area contributed by atoms with Crippen LogP contribution in [0.2, 0.25) is 0 Å². The van der Waals surface area contributed by atoms with Gasteiger partial charge in [-0.15, -0.1) is 0 Å². The van der Waals surface area contributed by atoms with Crippen LogP contribution in [-0.4, -0.2) is 10.9 Å². The van der Waals surface area contributed by atoms with Crippen molar-refractivity contribution in [2.24, 2.45) is 0 Å². The van der Waals surface area contributed by atoms with Crippen LogP contribution in [0.4, 0.5) is 20.9 Å². The molecule has 0 saturated carbocycles. The number of halogens is 1. The van der Waals surface area contributed by atoms with Gasteiger partial charge in [-0.25, -0.2) is 9.37 Å². The fourth-order valence-corrected chi connectivity index (χ4v) is 3.33. The Bertz CT molecular complexity index is 890. The Balaban J connectivity index is 1.77. The van der Waals surface area contributed by atoms with E-state index in [1.54, 1.807) is 19.1 Å². The number of rotatable bonds is 5. The van der Waals surface area contributed by atoms with Gasteiger partial charge in [-0.1, -0.05) is 36.5 Å². The number of nitrogens with zero attached hydrogens (tertiary/aromatic N) is 1. The molecule has 0 spiro atoms. The van der Waals surface area contributed by atoms with Crippen molar-refractivity contribution in [1.82, 2.24) is 4.98 Å². The average Bonchev–Trinajstić information content (AvgIpc) is 2.98. The van der Waals surface area contributed by atoms with Gasteiger partial charge in [-0.2, -0.15) is 0 Å². The maximum absolute atomic E-state index is 13.0. The second-order valence-corrected chi connectivity index (χ2v) is 6.53. The number of benzene rings is 2. The molecule has 0 aliphatic rings. The van der Waals surface area contributed by atoms with Crippen molar-refractivity contribution in [2.45, 2.75) is 20.3 Å². The van der Waals surface area contributed by atoms with Gasteiger partial charge in [0.25, 0.3) is 5.91 Å². The van der Waals surface area contributed by atoms with E-state index in [9.17, 15) is 9.18 Å². The first-order chi connectivity index (χ1) is 12.1. The van der Waals surface area contributed by atoms with Crippen LogP contribution >= 0.6 is 11.3 Å². The first-order valence-corrected chi connectivity index (χ1v) is 8.77. The van der Waals surface area contributed by atoms with Crippen LogP contribution < -0.4 is 10.6 Å². The van der Waals surface area contributed by atoms with Gasteiger partial charge in [-0.3, -0.25) is 4.79 Å². The molecule has 1 aromatic heterocycles. The normalized spacial score (nSPS) is 10.5. The SMILES string of the molecule is CCc1ccccc1NC(=O)c1sc(Nc2ccc(F)cc2)nc1C. The van der Waals surface area contributed by atoms with Crippen molar-refractivity contribution in [3.63, 3.8) is 0 Å². The minimum Gasteiger partial charge on any atom is -0.332 e. The molecule has 6 heteroatoms. The lowest BCUT2D eigenvalue weighted by atomic mass is 10.1. The molecule has 3 aromatic rings. The third kappa shape index (κ3) is 4.03. The number of amides is 1. The summed E-state index contributed by atoms with van der Waals surface area (Å²) >= 11 is 1.27.